The highest BCUT2D eigenvalue weighted by Crippen LogP contribution is 2.75. The number of hydrogen-bond donors (Lipinski definition) is 1. The van der Waals surface area contributed by atoms with Crippen LogP contribution in [0.25, 0.3) is 0 Å². The Morgan fingerprint density at radius 2 is 1.93 bits per heavy atom. The molecule has 5 rings (SSSR count). The van der Waals surface area contributed by atoms with Crippen molar-refractivity contribution in [3.05, 3.63) is 11.6 Å². The molecule has 0 saturated heterocycles. The summed E-state index contributed by atoms with van der Waals surface area (Å²) in [5, 5.41) is 19.9. The van der Waals surface area contributed by atoms with E-state index in [4.69, 9.17) is 0 Å². The maximum absolute atomic E-state index is 12.0. The first-order valence-corrected chi connectivity index (χ1v) is 11.4. The van der Waals surface area contributed by atoms with Crippen LogP contribution >= 0.6 is 0 Å². The van der Waals surface area contributed by atoms with Crippen molar-refractivity contribution in [3.8, 4) is 6.07 Å². The molecule has 0 heterocycles. The molecule has 0 aliphatic heterocycles. The van der Waals surface area contributed by atoms with E-state index in [1.165, 1.54) is 24.8 Å². The van der Waals surface area contributed by atoms with Crippen molar-refractivity contribution in [2.24, 2.45) is 52.8 Å². The summed E-state index contributed by atoms with van der Waals surface area (Å²) >= 11 is 0. The Morgan fingerprint density at radius 1 is 1.19 bits per heavy atom. The van der Waals surface area contributed by atoms with Gasteiger partial charge in [-0.2, -0.15) is 5.26 Å². The molecule has 0 amide bonds. The van der Waals surface area contributed by atoms with E-state index in [0.29, 0.717) is 36.0 Å². The average Bonchev–Trinajstić information content (AvgIpc) is 3.42. The largest absolute Gasteiger partial charge is 0.396 e. The van der Waals surface area contributed by atoms with Crippen molar-refractivity contribution < 1.29 is 9.90 Å². The molecule has 0 radical (unpaired) electrons. The number of ketones is 1. The van der Waals surface area contributed by atoms with Gasteiger partial charge in [-0.1, -0.05) is 26.3 Å². The quantitative estimate of drug-likeness (QED) is 0.763. The minimum Gasteiger partial charge on any atom is -0.396 e. The standard InChI is InChI=1S/C22H29NO2.C2H6/c1-2-22-6-5-15-14-4-3-13(25)8-16(14)12(11-24)7-18(15)21(22)19-9-17(19)20(22)10-23;1-2/h8,12,14-15,17-21,24H,2-7,9,11H2,1H3;1-2H3. The van der Waals surface area contributed by atoms with Gasteiger partial charge in [0.25, 0.3) is 0 Å². The first kappa shape index (κ1) is 19.2. The second-order valence-electron chi connectivity index (χ2n) is 9.52. The van der Waals surface area contributed by atoms with Crippen molar-refractivity contribution in [3.63, 3.8) is 0 Å². The highest BCUT2D eigenvalue weighted by atomic mass is 16.3. The van der Waals surface area contributed by atoms with Gasteiger partial charge in [0.1, 0.15) is 0 Å². The van der Waals surface area contributed by atoms with Crippen LogP contribution in [0.4, 0.5) is 0 Å². The lowest BCUT2D eigenvalue weighted by Crippen LogP contribution is -2.51. The number of nitriles is 1. The van der Waals surface area contributed by atoms with Crippen molar-refractivity contribution in [1.29, 1.82) is 5.26 Å². The van der Waals surface area contributed by atoms with Crippen LogP contribution in [0, 0.1) is 64.1 Å². The average molecular weight is 370 g/mol. The molecular weight excluding hydrogens is 334 g/mol. The highest BCUT2D eigenvalue weighted by molar-refractivity contribution is 5.91. The fourth-order valence-electron chi connectivity index (χ4n) is 8.11. The Morgan fingerprint density at radius 3 is 2.59 bits per heavy atom. The number of aliphatic hydroxyl groups is 1. The molecule has 5 aliphatic carbocycles. The Bertz CT molecular complexity index is 676. The van der Waals surface area contributed by atoms with Gasteiger partial charge < -0.3 is 5.11 Å². The van der Waals surface area contributed by atoms with Crippen LogP contribution in [0.2, 0.25) is 0 Å². The van der Waals surface area contributed by atoms with E-state index < -0.39 is 0 Å². The predicted octanol–water partition coefficient (Wildman–Crippen LogP) is 4.76. The Labute approximate surface area is 164 Å². The van der Waals surface area contributed by atoms with E-state index >= 15 is 0 Å². The number of hydrogen-bond acceptors (Lipinski definition) is 3. The number of aliphatic hydroxyl groups excluding tert-OH is 1. The molecule has 148 valence electrons. The maximum Gasteiger partial charge on any atom is 0.155 e. The fourth-order valence-corrected chi connectivity index (χ4v) is 8.11. The van der Waals surface area contributed by atoms with Crippen molar-refractivity contribution in [1.82, 2.24) is 0 Å². The fraction of sp³-hybridized carbons (Fsp3) is 0.833. The SMILES string of the molecule is CC.CCC12CCC3C4CCC(=O)C=C4C(CO)CC3C1C1CC1C2C#N. The smallest absolute Gasteiger partial charge is 0.155 e. The first-order valence-electron chi connectivity index (χ1n) is 11.4. The lowest BCUT2D eigenvalue weighted by molar-refractivity contribution is -0.116. The van der Waals surface area contributed by atoms with Crippen LogP contribution in [0.1, 0.15) is 65.7 Å². The molecule has 9 atom stereocenters. The minimum atomic E-state index is 0.181. The number of rotatable bonds is 2. The topological polar surface area (TPSA) is 61.1 Å². The van der Waals surface area contributed by atoms with Gasteiger partial charge in [-0.3, -0.25) is 4.79 Å². The monoisotopic (exact) mass is 369 g/mol. The molecule has 5 aliphatic rings. The Kier molecular flexibility index (Phi) is 5.00. The zero-order chi connectivity index (χ0) is 19.3. The van der Waals surface area contributed by atoms with Gasteiger partial charge in [0.2, 0.25) is 0 Å². The third-order valence-corrected chi connectivity index (χ3v) is 9.04. The molecular formula is C24H35NO2. The number of carbonyl (C=O) groups excluding carboxylic acids is 1. The van der Waals surface area contributed by atoms with Crippen LogP contribution < -0.4 is 0 Å². The summed E-state index contributed by atoms with van der Waals surface area (Å²) < 4.78 is 0. The van der Waals surface area contributed by atoms with E-state index in [9.17, 15) is 15.2 Å². The lowest BCUT2D eigenvalue weighted by Gasteiger charge is -2.57. The zero-order valence-corrected chi connectivity index (χ0v) is 17.2. The third-order valence-electron chi connectivity index (χ3n) is 9.04. The molecule has 1 N–H and O–H groups in total. The molecule has 0 aromatic rings. The van der Waals surface area contributed by atoms with Gasteiger partial charge in [-0.15, -0.1) is 0 Å². The van der Waals surface area contributed by atoms with E-state index in [1.54, 1.807) is 0 Å². The molecule has 0 aromatic heterocycles. The molecule has 4 saturated carbocycles. The molecule has 4 fully saturated rings. The van der Waals surface area contributed by atoms with Crippen molar-refractivity contribution in [2.75, 3.05) is 6.61 Å². The number of fused-ring (bicyclic) bond motifs is 7. The Balaban J connectivity index is 0.000000872. The lowest BCUT2D eigenvalue weighted by atomic mass is 9.47. The summed E-state index contributed by atoms with van der Waals surface area (Å²) in [5.41, 5.74) is 1.51. The van der Waals surface area contributed by atoms with Gasteiger partial charge in [-0.05, 0) is 85.5 Å². The second kappa shape index (κ2) is 7.03. The summed E-state index contributed by atoms with van der Waals surface area (Å²) in [7, 11) is 0. The Hall–Kier alpha value is -1.14. The van der Waals surface area contributed by atoms with E-state index in [0.717, 1.165) is 25.2 Å². The van der Waals surface area contributed by atoms with Gasteiger partial charge in [0.05, 0.1) is 12.0 Å². The van der Waals surface area contributed by atoms with Crippen LogP contribution in [0.15, 0.2) is 11.6 Å². The summed E-state index contributed by atoms with van der Waals surface area (Å²) in [6.45, 7) is 6.49. The first-order chi connectivity index (χ1) is 13.1. The highest BCUT2D eigenvalue weighted by Gasteiger charge is 2.70. The molecule has 3 nitrogen and oxygen atoms in total. The molecule has 9 unspecified atom stereocenters. The van der Waals surface area contributed by atoms with Crippen LogP contribution in [0.5, 0.6) is 0 Å². The maximum atomic E-state index is 12.0. The molecule has 0 spiro atoms. The van der Waals surface area contributed by atoms with E-state index in [-0.39, 0.29) is 29.6 Å². The zero-order valence-electron chi connectivity index (χ0n) is 17.2. The summed E-state index contributed by atoms with van der Waals surface area (Å²) in [5.74, 6) is 4.70. The second-order valence-corrected chi connectivity index (χ2v) is 9.52. The van der Waals surface area contributed by atoms with Crippen molar-refractivity contribution in [2.45, 2.75) is 65.7 Å². The van der Waals surface area contributed by atoms with E-state index in [2.05, 4.69) is 13.0 Å². The van der Waals surface area contributed by atoms with Crippen molar-refractivity contribution >= 4 is 5.78 Å². The van der Waals surface area contributed by atoms with Gasteiger partial charge in [-0.25, -0.2) is 0 Å². The predicted molar refractivity (Wildman–Crippen MR) is 105 cm³/mol. The van der Waals surface area contributed by atoms with Gasteiger partial charge in [0.15, 0.2) is 5.78 Å². The molecule has 3 heteroatoms. The number of carbonyl (C=O) groups is 1. The van der Waals surface area contributed by atoms with E-state index in [1.807, 2.05) is 19.9 Å². The summed E-state index contributed by atoms with van der Waals surface area (Å²) in [6.07, 6.45) is 9.45. The third kappa shape index (κ3) is 2.59. The van der Waals surface area contributed by atoms with Crippen LogP contribution in [0.3, 0.4) is 0 Å². The summed E-state index contributed by atoms with van der Waals surface area (Å²) in [4.78, 5) is 12.0. The normalized spacial score (nSPS) is 49.3. The molecule has 0 bridgehead atoms. The molecule has 27 heavy (non-hydrogen) atoms. The summed E-state index contributed by atoms with van der Waals surface area (Å²) in [6, 6.07) is 2.72. The van der Waals surface area contributed by atoms with Crippen LogP contribution in [-0.4, -0.2) is 17.5 Å². The van der Waals surface area contributed by atoms with Gasteiger partial charge >= 0.3 is 0 Å². The van der Waals surface area contributed by atoms with Crippen LogP contribution in [-0.2, 0) is 4.79 Å². The minimum absolute atomic E-state index is 0.181. The number of nitrogens with zero attached hydrogens (tertiary/aromatic N) is 1. The van der Waals surface area contributed by atoms with Gasteiger partial charge in [0, 0.05) is 18.9 Å². The molecule has 0 aromatic carbocycles.